The fourth-order valence-corrected chi connectivity index (χ4v) is 2.08. The predicted octanol–water partition coefficient (Wildman–Crippen LogP) is 2.07. The summed E-state index contributed by atoms with van der Waals surface area (Å²) < 4.78 is 0. The molecule has 0 aliphatic carbocycles. The summed E-state index contributed by atoms with van der Waals surface area (Å²) in [5, 5.41) is 3.57. The maximum absolute atomic E-state index is 11.1. The van der Waals surface area contributed by atoms with Crippen LogP contribution in [0.3, 0.4) is 0 Å². The molecule has 2 rings (SSSR count). The third-order valence-electron chi connectivity index (χ3n) is 2.50. The number of aromatic nitrogens is 2. The molecule has 19 heavy (non-hydrogen) atoms. The topological polar surface area (TPSA) is 77.8 Å². The summed E-state index contributed by atoms with van der Waals surface area (Å²) in [7, 11) is 0. The molecule has 1 aromatic carbocycles. The van der Waals surface area contributed by atoms with Gasteiger partial charge in [-0.3, -0.25) is 14.8 Å². The zero-order valence-electron chi connectivity index (χ0n) is 9.80. The van der Waals surface area contributed by atoms with Gasteiger partial charge in [0.1, 0.15) is 5.82 Å². The second-order valence-corrected chi connectivity index (χ2v) is 4.59. The number of hydrogen-bond acceptors (Lipinski definition) is 3. The van der Waals surface area contributed by atoms with Gasteiger partial charge in [-0.05, 0) is 17.2 Å². The van der Waals surface area contributed by atoms with Gasteiger partial charge in [0.2, 0.25) is 0 Å². The van der Waals surface area contributed by atoms with Gasteiger partial charge in [-0.15, -0.1) is 11.6 Å². The minimum absolute atomic E-state index is 0.328. The van der Waals surface area contributed by atoms with Gasteiger partial charge >= 0.3 is 5.69 Å². The molecule has 0 unspecified atom stereocenters. The number of anilines is 1. The first-order chi connectivity index (χ1) is 9.08. The lowest BCUT2D eigenvalue weighted by molar-refractivity contribution is 1.01. The summed E-state index contributed by atoms with van der Waals surface area (Å²) in [4.78, 5) is 26.8. The molecule has 0 fully saturated rings. The molecule has 0 atom stereocenters. The Morgan fingerprint density at radius 3 is 2.63 bits per heavy atom. The van der Waals surface area contributed by atoms with E-state index >= 15 is 0 Å². The van der Waals surface area contributed by atoms with E-state index in [-0.39, 0.29) is 0 Å². The number of halogens is 2. The number of benzene rings is 1. The van der Waals surface area contributed by atoms with Crippen LogP contribution in [0.4, 0.5) is 5.82 Å². The van der Waals surface area contributed by atoms with Gasteiger partial charge in [0, 0.05) is 23.5 Å². The average molecular weight is 300 g/mol. The molecular weight excluding hydrogens is 289 g/mol. The van der Waals surface area contributed by atoms with Gasteiger partial charge in [-0.25, -0.2) is 4.79 Å². The van der Waals surface area contributed by atoms with Gasteiger partial charge in [-0.1, -0.05) is 23.7 Å². The Morgan fingerprint density at radius 1 is 1.16 bits per heavy atom. The first kappa shape index (κ1) is 13.7. The fraction of sp³-hybridized carbons (Fsp3) is 0.167. The van der Waals surface area contributed by atoms with Crippen molar-refractivity contribution in [2.24, 2.45) is 0 Å². The van der Waals surface area contributed by atoms with Crippen molar-refractivity contribution in [1.29, 1.82) is 0 Å². The lowest BCUT2D eigenvalue weighted by Crippen LogP contribution is -2.22. The van der Waals surface area contributed by atoms with E-state index in [1.54, 1.807) is 6.07 Å². The second-order valence-electron chi connectivity index (χ2n) is 3.91. The van der Waals surface area contributed by atoms with Crippen molar-refractivity contribution >= 4 is 29.0 Å². The van der Waals surface area contributed by atoms with Crippen molar-refractivity contribution in [3.63, 3.8) is 0 Å². The SMILES string of the molecule is O=c1cc(NCc2ccc(Cl)c(CCl)c2)[nH]c(=O)[nH]1. The van der Waals surface area contributed by atoms with Crippen molar-refractivity contribution in [3.8, 4) is 0 Å². The molecule has 1 heterocycles. The van der Waals surface area contributed by atoms with E-state index in [1.165, 1.54) is 6.07 Å². The molecule has 0 amide bonds. The van der Waals surface area contributed by atoms with Gasteiger partial charge < -0.3 is 5.32 Å². The minimum Gasteiger partial charge on any atom is -0.367 e. The Balaban J connectivity index is 2.14. The van der Waals surface area contributed by atoms with Crippen molar-refractivity contribution in [3.05, 3.63) is 61.3 Å². The van der Waals surface area contributed by atoms with E-state index < -0.39 is 11.2 Å². The Labute approximate surface area is 118 Å². The molecular formula is C12H11Cl2N3O2. The molecule has 3 N–H and O–H groups in total. The first-order valence-corrected chi connectivity index (χ1v) is 6.40. The van der Waals surface area contributed by atoms with Gasteiger partial charge in [0.05, 0.1) is 0 Å². The number of nitrogens with one attached hydrogen (secondary N) is 3. The molecule has 0 saturated heterocycles. The van der Waals surface area contributed by atoms with Gasteiger partial charge in [0.15, 0.2) is 0 Å². The van der Waals surface area contributed by atoms with Crippen LogP contribution < -0.4 is 16.6 Å². The van der Waals surface area contributed by atoms with Gasteiger partial charge in [-0.2, -0.15) is 0 Å². The summed E-state index contributed by atoms with van der Waals surface area (Å²) in [5.41, 5.74) is 0.777. The predicted molar refractivity (Wildman–Crippen MR) is 76.0 cm³/mol. The van der Waals surface area contributed by atoms with Crippen LogP contribution in [0.1, 0.15) is 11.1 Å². The smallest absolute Gasteiger partial charge is 0.327 e. The highest BCUT2D eigenvalue weighted by atomic mass is 35.5. The lowest BCUT2D eigenvalue weighted by Gasteiger charge is -2.07. The molecule has 0 aliphatic rings. The molecule has 7 heteroatoms. The third kappa shape index (κ3) is 3.62. The average Bonchev–Trinajstić information content (AvgIpc) is 2.36. The summed E-state index contributed by atoms with van der Waals surface area (Å²) in [6, 6.07) is 6.75. The Bertz CT molecular complexity index is 666. The van der Waals surface area contributed by atoms with Crippen molar-refractivity contribution in [1.82, 2.24) is 9.97 Å². The van der Waals surface area contributed by atoms with Crippen LogP contribution in [-0.2, 0) is 12.4 Å². The largest absolute Gasteiger partial charge is 0.367 e. The molecule has 0 radical (unpaired) electrons. The maximum atomic E-state index is 11.1. The molecule has 0 saturated carbocycles. The molecule has 2 aromatic rings. The van der Waals surface area contributed by atoms with E-state index in [4.69, 9.17) is 23.2 Å². The van der Waals surface area contributed by atoms with Crippen LogP contribution >= 0.6 is 23.2 Å². The third-order valence-corrected chi connectivity index (χ3v) is 3.15. The number of rotatable bonds is 4. The minimum atomic E-state index is -0.549. The number of alkyl halides is 1. The Kier molecular flexibility index (Phi) is 4.29. The van der Waals surface area contributed by atoms with Crippen LogP contribution in [0.25, 0.3) is 0 Å². The van der Waals surface area contributed by atoms with Crippen LogP contribution in [0.5, 0.6) is 0 Å². The van der Waals surface area contributed by atoms with Crippen LogP contribution in [0, 0.1) is 0 Å². The maximum Gasteiger partial charge on any atom is 0.327 e. The van der Waals surface area contributed by atoms with Crippen molar-refractivity contribution in [2.75, 3.05) is 5.32 Å². The standard InChI is InChI=1S/C12H11Cl2N3O2/c13-5-8-3-7(1-2-9(8)14)6-15-10-4-11(18)17-12(19)16-10/h1-4H,5-6H2,(H3,15,16,17,18,19). The number of H-pyrrole nitrogens is 2. The lowest BCUT2D eigenvalue weighted by atomic mass is 10.1. The van der Waals surface area contributed by atoms with Crippen molar-refractivity contribution < 1.29 is 0 Å². The van der Waals surface area contributed by atoms with E-state index in [0.717, 1.165) is 11.1 Å². The Morgan fingerprint density at radius 2 is 1.95 bits per heavy atom. The summed E-state index contributed by atoms with van der Waals surface area (Å²) in [5.74, 6) is 0.685. The molecule has 100 valence electrons. The quantitative estimate of drug-likeness (QED) is 0.756. The monoisotopic (exact) mass is 299 g/mol. The highest BCUT2D eigenvalue weighted by molar-refractivity contribution is 6.32. The van der Waals surface area contributed by atoms with Crippen LogP contribution in [0.2, 0.25) is 5.02 Å². The summed E-state index contributed by atoms with van der Waals surface area (Å²) in [6.45, 7) is 0.445. The molecule has 5 nitrogen and oxygen atoms in total. The zero-order valence-corrected chi connectivity index (χ0v) is 11.3. The van der Waals surface area contributed by atoms with E-state index in [2.05, 4.69) is 15.3 Å². The highest BCUT2D eigenvalue weighted by Crippen LogP contribution is 2.19. The zero-order chi connectivity index (χ0) is 13.8. The Hall–Kier alpha value is -1.72. The number of hydrogen-bond donors (Lipinski definition) is 3. The highest BCUT2D eigenvalue weighted by Gasteiger charge is 2.02. The van der Waals surface area contributed by atoms with Crippen molar-refractivity contribution in [2.45, 2.75) is 12.4 Å². The molecule has 1 aromatic heterocycles. The second kappa shape index (κ2) is 5.95. The first-order valence-electron chi connectivity index (χ1n) is 5.49. The summed E-state index contributed by atoms with van der Waals surface area (Å²) >= 11 is 11.7. The van der Waals surface area contributed by atoms with Crippen LogP contribution in [0.15, 0.2) is 33.9 Å². The van der Waals surface area contributed by atoms with Gasteiger partial charge in [0.25, 0.3) is 5.56 Å². The number of aromatic amines is 2. The van der Waals surface area contributed by atoms with E-state index in [0.29, 0.717) is 23.3 Å². The molecule has 0 bridgehead atoms. The van der Waals surface area contributed by atoms with E-state index in [1.807, 2.05) is 12.1 Å². The molecule has 0 aliphatic heterocycles. The normalized spacial score (nSPS) is 10.4. The van der Waals surface area contributed by atoms with E-state index in [9.17, 15) is 9.59 Å². The molecule has 0 spiro atoms. The fourth-order valence-electron chi connectivity index (χ4n) is 1.60. The summed E-state index contributed by atoms with van der Waals surface area (Å²) in [6.07, 6.45) is 0. The van der Waals surface area contributed by atoms with Crippen LogP contribution in [-0.4, -0.2) is 9.97 Å².